The quantitative estimate of drug-likeness (QED) is 0.584. The molecule has 0 aromatic rings. The van der Waals surface area contributed by atoms with Crippen LogP contribution in [0.15, 0.2) is 0 Å². The van der Waals surface area contributed by atoms with Crippen molar-refractivity contribution in [2.24, 2.45) is 0 Å². The Bertz CT molecular complexity index is 98.4. The van der Waals surface area contributed by atoms with E-state index in [0.717, 1.165) is 13.0 Å². The molecule has 0 spiro atoms. The van der Waals surface area contributed by atoms with Crippen molar-refractivity contribution in [1.82, 2.24) is 5.32 Å². The van der Waals surface area contributed by atoms with Crippen molar-refractivity contribution in [3.63, 3.8) is 0 Å². The van der Waals surface area contributed by atoms with E-state index in [1.165, 1.54) is 6.92 Å². The summed E-state index contributed by atoms with van der Waals surface area (Å²) in [6, 6.07) is 0. The molecule has 10 heavy (non-hydrogen) atoms. The standard InChI is InChI=1S/C7H15NO2.H2/c1-3-5-10-6-4-8-7(2)9;/h3-6H2,1-2H3,(H,8,9);1H. The summed E-state index contributed by atoms with van der Waals surface area (Å²) in [5.74, 6) is 0.0000912. The van der Waals surface area contributed by atoms with Crippen molar-refractivity contribution >= 4 is 5.91 Å². The molecule has 0 heterocycles. The highest BCUT2D eigenvalue weighted by Gasteiger charge is 1.88. The van der Waals surface area contributed by atoms with Crippen molar-refractivity contribution < 1.29 is 11.0 Å². The summed E-state index contributed by atoms with van der Waals surface area (Å²) in [5, 5.41) is 2.64. The van der Waals surface area contributed by atoms with Gasteiger partial charge in [0.25, 0.3) is 0 Å². The topological polar surface area (TPSA) is 38.3 Å². The highest BCUT2D eigenvalue weighted by molar-refractivity contribution is 5.72. The highest BCUT2D eigenvalue weighted by Crippen LogP contribution is 1.77. The van der Waals surface area contributed by atoms with Crippen LogP contribution in [0, 0.1) is 0 Å². The second kappa shape index (κ2) is 6.55. The van der Waals surface area contributed by atoms with Crippen LogP contribution in [-0.4, -0.2) is 25.7 Å². The Morgan fingerprint density at radius 1 is 1.60 bits per heavy atom. The van der Waals surface area contributed by atoms with Gasteiger partial charge in [0.15, 0.2) is 0 Å². The number of hydrogen-bond donors (Lipinski definition) is 1. The molecule has 62 valence electrons. The number of carbonyl (C=O) groups is 1. The third-order valence-corrected chi connectivity index (χ3v) is 0.969. The molecule has 0 atom stereocenters. The van der Waals surface area contributed by atoms with Crippen LogP contribution >= 0.6 is 0 Å². The van der Waals surface area contributed by atoms with E-state index in [1.54, 1.807) is 0 Å². The van der Waals surface area contributed by atoms with Crippen LogP contribution in [0.3, 0.4) is 0 Å². The van der Waals surface area contributed by atoms with Crippen molar-refractivity contribution in [3.8, 4) is 0 Å². The van der Waals surface area contributed by atoms with Gasteiger partial charge in [0.05, 0.1) is 6.61 Å². The van der Waals surface area contributed by atoms with E-state index >= 15 is 0 Å². The molecule has 3 heteroatoms. The van der Waals surface area contributed by atoms with Crippen LogP contribution in [0.2, 0.25) is 0 Å². The second-order valence-corrected chi connectivity index (χ2v) is 2.10. The molecule has 0 saturated carbocycles. The fourth-order valence-corrected chi connectivity index (χ4v) is 0.546. The monoisotopic (exact) mass is 147 g/mol. The molecular weight excluding hydrogens is 130 g/mol. The molecule has 0 aliphatic carbocycles. The minimum atomic E-state index is 0. The van der Waals surface area contributed by atoms with Crippen LogP contribution in [0.4, 0.5) is 0 Å². The average Bonchev–Trinajstić information content (AvgIpc) is 1.87. The van der Waals surface area contributed by atoms with Gasteiger partial charge in [-0.15, -0.1) is 0 Å². The fraction of sp³-hybridized carbons (Fsp3) is 0.857. The maximum absolute atomic E-state index is 10.3. The van der Waals surface area contributed by atoms with Gasteiger partial charge in [-0.05, 0) is 6.42 Å². The normalized spacial score (nSPS) is 9.40. The van der Waals surface area contributed by atoms with Crippen LogP contribution in [0.25, 0.3) is 0 Å². The Labute approximate surface area is 63.2 Å². The first-order chi connectivity index (χ1) is 4.77. The lowest BCUT2D eigenvalue weighted by molar-refractivity contribution is -0.119. The number of ether oxygens (including phenoxy) is 1. The summed E-state index contributed by atoms with van der Waals surface area (Å²) in [7, 11) is 0. The van der Waals surface area contributed by atoms with Gasteiger partial charge in [-0.1, -0.05) is 6.92 Å². The molecule has 0 aromatic heterocycles. The van der Waals surface area contributed by atoms with Gasteiger partial charge in [-0.25, -0.2) is 0 Å². The largest absolute Gasteiger partial charge is 0.380 e. The number of nitrogens with one attached hydrogen (secondary N) is 1. The van der Waals surface area contributed by atoms with E-state index in [9.17, 15) is 4.79 Å². The Morgan fingerprint density at radius 2 is 2.30 bits per heavy atom. The number of carbonyl (C=O) groups excluding carboxylic acids is 1. The molecule has 0 aliphatic heterocycles. The zero-order chi connectivity index (χ0) is 7.82. The summed E-state index contributed by atoms with van der Waals surface area (Å²) in [6.07, 6.45) is 1.03. The lowest BCUT2D eigenvalue weighted by Gasteiger charge is -2.01. The van der Waals surface area contributed by atoms with E-state index in [1.807, 2.05) is 0 Å². The fourth-order valence-electron chi connectivity index (χ4n) is 0.546. The Morgan fingerprint density at radius 3 is 2.80 bits per heavy atom. The van der Waals surface area contributed by atoms with Crippen molar-refractivity contribution in [3.05, 3.63) is 0 Å². The zero-order valence-electron chi connectivity index (χ0n) is 6.64. The maximum Gasteiger partial charge on any atom is 0.216 e. The van der Waals surface area contributed by atoms with Gasteiger partial charge in [0.1, 0.15) is 0 Å². The van der Waals surface area contributed by atoms with Crippen LogP contribution < -0.4 is 5.32 Å². The smallest absolute Gasteiger partial charge is 0.216 e. The first kappa shape index (κ1) is 9.43. The molecule has 0 unspecified atom stereocenters. The molecule has 0 aromatic carbocycles. The lowest BCUT2D eigenvalue weighted by Crippen LogP contribution is -2.24. The van der Waals surface area contributed by atoms with Crippen molar-refractivity contribution in [2.45, 2.75) is 20.3 Å². The third-order valence-electron chi connectivity index (χ3n) is 0.969. The molecule has 0 fully saturated rings. The van der Waals surface area contributed by atoms with Gasteiger partial charge in [0, 0.05) is 21.5 Å². The zero-order valence-corrected chi connectivity index (χ0v) is 6.64. The maximum atomic E-state index is 10.3. The summed E-state index contributed by atoms with van der Waals surface area (Å²) < 4.78 is 5.12. The number of hydrogen-bond acceptors (Lipinski definition) is 2. The van der Waals surface area contributed by atoms with Gasteiger partial charge >= 0.3 is 0 Å². The third kappa shape index (κ3) is 7.43. The lowest BCUT2D eigenvalue weighted by atomic mass is 10.5. The van der Waals surface area contributed by atoms with Gasteiger partial charge in [-0.2, -0.15) is 0 Å². The Kier molecular flexibility index (Phi) is 6.18. The molecule has 0 radical (unpaired) electrons. The average molecular weight is 147 g/mol. The molecule has 1 amide bonds. The van der Waals surface area contributed by atoms with Gasteiger partial charge in [0.2, 0.25) is 5.91 Å². The molecule has 0 aliphatic rings. The Balaban J connectivity index is 0. The summed E-state index contributed by atoms with van der Waals surface area (Å²) in [4.78, 5) is 10.3. The second-order valence-electron chi connectivity index (χ2n) is 2.10. The van der Waals surface area contributed by atoms with E-state index in [2.05, 4.69) is 12.2 Å². The first-order valence-corrected chi connectivity index (χ1v) is 3.59. The number of amides is 1. The van der Waals surface area contributed by atoms with E-state index in [0.29, 0.717) is 13.2 Å². The van der Waals surface area contributed by atoms with E-state index in [-0.39, 0.29) is 7.33 Å². The molecule has 0 saturated heterocycles. The first-order valence-electron chi connectivity index (χ1n) is 3.59. The number of rotatable bonds is 5. The SMILES string of the molecule is CCCOCCNC(C)=O.[HH]. The minimum Gasteiger partial charge on any atom is -0.380 e. The summed E-state index contributed by atoms with van der Waals surface area (Å²) in [5.41, 5.74) is 0. The Hall–Kier alpha value is -0.570. The highest BCUT2D eigenvalue weighted by atomic mass is 16.5. The van der Waals surface area contributed by atoms with E-state index < -0.39 is 0 Å². The summed E-state index contributed by atoms with van der Waals surface area (Å²) >= 11 is 0. The van der Waals surface area contributed by atoms with Gasteiger partial charge in [-0.3, -0.25) is 4.79 Å². The van der Waals surface area contributed by atoms with Crippen molar-refractivity contribution in [2.75, 3.05) is 19.8 Å². The predicted molar refractivity (Wildman–Crippen MR) is 41.9 cm³/mol. The van der Waals surface area contributed by atoms with Gasteiger partial charge < -0.3 is 10.1 Å². The van der Waals surface area contributed by atoms with E-state index in [4.69, 9.17) is 4.74 Å². The molecular formula is C7H17NO2. The van der Waals surface area contributed by atoms with Crippen LogP contribution in [-0.2, 0) is 9.53 Å². The predicted octanol–water partition coefficient (Wildman–Crippen LogP) is 0.795. The minimum absolute atomic E-state index is 0. The molecule has 0 rings (SSSR count). The molecule has 0 bridgehead atoms. The van der Waals surface area contributed by atoms with Crippen LogP contribution in [0.5, 0.6) is 0 Å². The molecule has 1 N–H and O–H groups in total. The molecule has 3 nitrogen and oxygen atoms in total. The van der Waals surface area contributed by atoms with Crippen LogP contribution in [0.1, 0.15) is 21.7 Å². The summed E-state index contributed by atoms with van der Waals surface area (Å²) in [6.45, 7) is 5.57. The van der Waals surface area contributed by atoms with Crippen molar-refractivity contribution in [1.29, 1.82) is 0 Å².